The molecule has 0 spiro atoms. The normalized spacial score (nSPS) is 15.8. The Kier molecular flexibility index (Phi) is 6.40. The SMILES string of the molecule is CC(C)C(C)NC(=O)CCNS(=O)(=O)c1ccc2c(c1)CCCC2. The number of sulfonamides is 1. The Hall–Kier alpha value is -1.40. The third-order valence-corrected chi connectivity index (χ3v) is 6.12. The predicted octanol–water partition coefficient (Wildman–Crippen LogP) is 2.39. The molecule has 1 aromatic carbocycles. The van der Waals surface area contributed by atoms with Gasteiger partial charge in [-0.3, -0.25) is 4.79 Å². The van der Waals surface area contributed by atoms with Gasteiger partial charge in [0, 0.05) is 19.0 Å². The van der Waals surface area contributed by atoms with Crippen molar-refractivity contribution in [1.29, 1.82) is 0 Å². The summed E-state index contributed by atoms with van der Waals surface area (Å²) in [6.45, 7) is 6.11. The summed E-state index contributed by atoms with van der Waals surface area (Å²) in [4.78, 5) is 12.1. The molecule has 5 nitrogen and oxygen atoms in total. The van der Waals surface area contributed by atoms with Gasteiger partial charge in [0.05, 0.1) is 4.90 Å². The Labute approximate surface area is 145 Å². The zero-order valence-electron chi connectivity index (χ0n) is 14.8. The summed E-state index contributed by atoms with van der Waals surface area (Å²) in [7, 11) is -3.56. The molecule has 0 fully saturated rings. The van der Waals surface area contributed by atoms with Gasteiger partial charge in [-0.25, -0.2) is 13.1 Å². The van der Waals surface area contributed by atoms with E-state index < -0.39 is 10.0 Å². The smallest absolute Gasteiger partial charge is 0.240 e. The summed E-state index contributed by atoms with van der Waals surface area (Å²) in [5.41, 5.74) is 2.38. The zero-order valence-corrected chi connectivity index (χ0v) is 15.6. The molecule has 1 amide bonds. The van der Waals surface area contributed by atoms with Crippen molar-refractivity contribution in [2.24, 2.45) is 5.92 Å². The van der Waals surface area contributed by atoms with Crippen LogP contribution in [0.3, 0.4) is 0 Å². The van der Waals surface area contributed by atoms with Crippen LogP contribution < -0.4 is 10.0 Å². The molecule has 1 unspecified atom stereocenters. The van der Waals surface area contributed by atoms with Gasteiger partial charge in [0.15, 0.2) is 0 Å². The number of benzene rings is 1. The summed E-state index contributed by atoms with van der Waals surface area (Å²) >= 11 is 0. The van der Waals surface area contributed by atoms with Crippen LogP contribution in [0.2, 0.25) is 0 Å². The van der Waals surface area contributed by atoms with Gasteiger partial charge in [0.2, 0.25) is 15.9 Å². The molecule has 0 radical (unpaired) electrons. The molecular formula is C18H28N2O3S. The van der Waals surface area contributed by atoms with Gasteiger partial charge in [0.1, 0.15) is 0 Å². The molecule has 2 rings (SSSR count). The second kappa shape index (κ2) is 8.12. The number of hydrogen-bond acceptors (Lipinski definition) is 3. The molecule has 0 saturated carbocycles. The lowest BCUT2D eigenvalue weighted by Crippen LogP contribution is -2.38. The van der Waals surface area contributed by atoms with E-state index in [-0.39, 0.29) is 24.9 Å². The summed E-state index contributed by atoms with van der Waals surface area (Å²) < 4.78 is 27.3. The number of rotatable bonds is 7. The van der Waals surface area contributed by atoms with Crippen LogP contribution in [0.4, 0.5) is 0 Å². The third kappa shape index (κ3) is 5.05. The van der Waals surface area contributed by atoms with Crippen molar-refractivity contribution in [2.45, 2.75) is 63.8 Å². The minimum Gasteiger partial charge on any atom is -0.353 e. The molecule has 6 heteroatoms. The van der Waals surface area contributed by atoms with Crippen molar-refractivity contribution in [3.8, 4) is 0 Å². The van der Waals surface area contributed by atoms with E-state index in [0.29, 0.717) is 10.8 Å². The molecule has 1 aromatic rings. The molecule has 0 aliphatic heterocycles. The van der Waals surface area contributed by atoms with Crippen LogP contribution in [-0.2, 0) is 27.7 Å². The van der Waals surface area contributed by atoms with E-state index in [9.17, 15) is 13.2 Å². The fourth-order valence-electron chi connectivity index (χ4n) is 2.75. The quantitative estimate of drug-likeness (QED) is 0.791. The van der Waals surface area contributed by atoms with Gasteiger partial charge in [-0.15, -0.1) is 0 Å². The van der Waals surface area contributed by atoms with Crippen molar-refractivity contribution in [3.05, 3.63) is 29.3 Å². The number of aryl methyl sites for hydroxylation is 2. The Morgan fingerprint density at radius 3 is 2.46 bits per heavy atom. The molecule has 134 valence electrons. The van der Waals surface area contributed by atoms with E-state index in [4.69, 9.17) is 0 Å². The number of carbonyl (C=O) groups is 1. The minimum atomic E-state index is -3.56. The second-order valence-corrected chi connectivity index (χ2v) is 8.65. The Balaban J connectivity index is 1.91. The standard InChI is InChI=1S/C18H28N2O3S/c1-13(2)14(3)20-18(21)10-11-19-24(22,23)17-9-8-15-6-4-5-7-16(15)12-17/h8-9,12-14,19H,4-7,10-11H2,1-3H3,(H,20,21). The lowest BCUT2D eigenvalue weighted by atomic mass is 9.92. The minimum absolute atomic E-state index is 0.0785. The maximum Gasteiger partial charge on any atom is 0.240 e. The first kappa shape index (κ1) is 18.9. The van der Waals surface area contributed by atoms with E-state index in [2.05, 4.69) is 10.0 Å². The van der Waals surface area contributed by atoms with Crippen molar-refractivity contribution >= 4 is 15.9 Å². The summed E-state index contributed by atoms with van der Waals surface area (Å²) in [5, 5.41) is 2.87. The highest BCUT2D eigenvalue weighted by molar-refractivity contribution is 7.89. The monoisotopic (exact) mass is 352 g/mol. The summed E-state index contributed by atoms with van der Waals surface area (Å²) in [6.07, 6.45) is 4.38. The Morgan fingerprint density at radius 2 is 1.79 bits per heavy atom. The summed E-state index contributed by atoms with van der Waals surface area (Å²) in [5.74, 6) is 0.213. The van der Waals surface area contributed by atoms with Crippen molar-refractivity contribution in [3.63, 3.8) is 0 Å². The van der Waals surface area contributed by atoms with Crippen molar-refractivity contribution in [1.82, 2.24) is 10.0 Å². The zero-order chi connectivity index (χ0) is 17.7. The molecule has 0 heterocycles. The fourth-order valence-corrected chi connectivity index (χ4v) is 3.83. The van der Waals surface area contributed by atoms with Gasteiger partial charge in [-0.05, 0) is 61.8 Å². The first-order valence-corrected chi connectivity index (χ1v) is 10.2. The molecule has 1 aliphatic carbocycles. The average Bonchev–Trinajstić information content (AvgIpc) is 2.54. The van der Waals surface area contributed by atoms with Crippen LogP contribution in [0.5, 0.6) is 0 Å². The maximum atomic E-state index is 12.4. The Bertz CT molecular complexity index is 684. The number of amides is 1. The van der Waals surface area contributed by atoms with Gasteiger partial charge < -0.3 is 5.32 Å². The second-order valence-electron chi connectivity index (χ2n) is 6.89. The Morgan fingerprint density at radius 1 is 1.12 bits per heavy atom. The van der Waals surface area contributed by atoms with Gasteiger partial charge in [-0.1, -0.05) is 19.9 Å². The molecule has 2 N–H and O–H groups in total. The third-order valence-electron chi connectivity index (χ3n) is 4.66. The van der Waals surface area contributed by atoms with Crippen LogP contribution in [0.25, 0.3) is 0 Å². The average molecular weight is 353 g/mol. The number of fused-ring (bicyclic) bond motifs is 1. The molecule has 24 heavy (non-hydrogen) atoms. The van der Waals surface area contributed by atoms with Gasteiger partial charge in [-0.2, -0.15) is 0 Å². The van der Waals surface area contributed by atoms with E-state index in [1.807, 2.05) is 26.8 Å². The van der Waals surface area contributed by atoms with Crippen molar-refractivity contribution in [2.75, 3.05) is 6.54 Å². The summed E-state index contributed by atoms with van der Waals surface area (Å²) in [6, 6.07) is 5.43. The lowest BCUT2D eigenvalue weighted by Gasteiger charge is -2.18. The van der Waals surface area contributed by atoms with E-state index >= 15 is 0 Å². The maximum absolute atomic E-state index is 12.4. The highest BCUT2D eigenvalue weighted by Crippen LogP contribution is 2.23. The van der Waals surface area contributed by atoms with E-state index in [1.54, 1.807) is 12.1 Å². The molecule has 0 saturated heterocycles. The first-order valence-electron chi connectivity index (χ1n) is 8.70. The molecular weight excluding hydrogens is 324 g/mol. The predicted molar refractivity (Wildman–Crippen MR) is 95.3 cm³/mol. The van der Waals surface area contributed by atoms with E-state index in [0.717, 1.165) is 24.8 Å². The van der Waals surface area contributed by atoms with Crippen molar-refractivity contribution < 1.29 is 13.2 Å². The number of hydrogen-bond donors (Lipinski definition) is 2. The van der Waals surface area contributed by atoms with Crippen LogP contribution in [-0.4, -0.2) is 26.9 Å². The van der Waals surface area contributed by atoms with Crippen LogP contribution in [0.1, 0.15) is 51.2 Å². The largest absolute Gasteiger partial charge is 0.353 e. The van der Waals surface area contributed by atoms with Crippen LogP contribution >= 0.6 is 0 Å². The van der Waals surface area contributed by atoms with Crippen LogP contribution in [0.15, 0.2) is 23.1 Å². The van der Waals surface area contributed by atoms with Gasteiger partial charge >= 0.3 is 0 Å². The number of nitrogens with one attached hydrogen (secondary N) is 2. The topological polar surface area (TPSA) is 75.3 Å². The first-order chi connectivity index (χ1) is 11.3. The molecule has 0 aromatic heterocycles. The fraction of sp³-hybridized carbons (Fsp3) is 0.611. The van der Waals surface area contributed by atoms with Gasteiger partial charge in [0.25, 0.3) is 0 Å². The molecule has 0 bridgehead atoms. The molecule has 1 aliphatic rings. The molecule has 1 atom stereocenters. The lowest BCUT2D eigenvalue weighted by molar-refractivity contribution is -0.121. The highest BCUT2D eigenvalue weighted by Gasteiger charge is 2.18. The number of carbonyl (C=O) groups excluding carboxylic acids is 1. The van der Waals surface area contributed by atoms with E-state index in [1.165, 1.54) is 12.0 Å². The van der Waals surface area contributed by atoms with Crippen LogP contribution in [0, 0.1) is 5.92 Å². The highest BCUT2D eigenvalue weighted by atomic mass is 32.2.